The van der Waals surface area contributed by atoms with Crippen LogP contribution in [0, 0.1) is 0 Å². The second-order valence-electron chi connectivity index (χ2n) is 5.14. The maximum Gasteiger partial charge on any atom is 0.231 e. The van der Waals surface area contributed by atoms with E-state index in [1.165, 1.54) is 5.56 Å². The molecular weight excluding hydrogens is 264 g/mol. The third kappa shape index (κ3) is 3.34. The minimum atomic E-state index is 0.231. The number of pyridine rings is 1. The van der Waals surface area contributed by atoms with Crippen molar-refractivity contribution in [2.75, 3.05) is 13.3 Å². The summed E-state index contributed by atoms with van der Waals surface area (Å²) in [5, 5.41) is 3.59. The van der Waals surface area contributed by atoms with E-state index in [1.54, 1.807) is 0 Å². The van der Waals surface area contributed by atoms with E-state index in [9.17, 15) is 0 Å². The van der Waals surface area contributed by atoms with Crippen LogP contribution in [0.3, 0.4) is 0 Å². The van der Waals surface area contributed by atoms with Crippen molar-refractivity contribution < 1.29 is 9.47 Å². The highest BCUT2D eigenvalue weighted by Gasteiger charge is 2.18. The SMILES string of the molecule is CCCNC(Cc1ccccn1)c1ccc2c(c1)OCO2. The molecular formula is C17H20N2O2. The van der Waals surface area contributed by atoms with Crippen LogP contribution in [0.1, 0.15) is 30.6 Å². The molecule has 21 heavy (non-hydrogen) atoms. The van der Waals surface area contributed by atoms with Gasteiger partial charge < -0.3 is 14.8 Å². The van der Waals surface area contributed by atoms with E-state index in [1.807, 2.05) is 24.4 Å². The van der Waals surface area contributed by atoms with Crippen molar-refractivity contribution in [3.63, 3.8) is 0 Å². The van der Waals surface area contributed by atoms with Gasteiger partial charge in [0.15, 0.2) is 11.5 Å². The molecule has 4 heteroatoms. The van der Waals surface area contributed by atoms with Crippen molar-refractivity contribution in [1.82, 2.24) is 10.3 Å². The normalized spacial score (nSPS) is 14.1. The van der Waals surface area contributed by atoms with E-state index >= 15 is 0 Å². The van der Waals surface area contributed by atoms with Crippen LogP contribution in [0.2, 0.25) is 0 Å². The zero-order valence-corrected chi connectivity index (χ0v) is 12.2. The van der Waals surface area contributed by atoms with Gasteiger partial charge in [0.2, 0.25) is 6.79 Å². The summed E-state index contributed by atoms with van der Waals surface area (Å²) in [6, 6.07) is 12.4. The highest BCUT2D eigenvalue weighted by molar-refractivity contribution is 5.45. The van der Waals surface area contributed by atoms with E-state index in [0.29, 0.717) is 6.79 Å². The highest BCUT2D eigenvalue weighted by atomic mass is 16.7. The molecule has 1 aliphatic heterocycles. The number of benzene rings is 1. The molecule has 1 aromatic carbocycles. The van der Waals surface area contributed by atoms with Crippen molar-refractivity contribution in [1.29, 1.82) is 0 Å². The molecule has 1 aromatic heterocycles. The van der Waals surface area contributed by atoms with Crippen molar-refractivity contribution in [2.24, 2.45) is 0 Å². The first kappa shape index (κ1) is 13.9. The first-order chi connectivity index (χ1) is 10.4. The fourth-order valence-corrected chi connectivity index (χ4v) is 2.48. The molecule has 2 heterocycles. The second kappa shape index (κ2) is 6.59. The van der Waals surface area contributed by atoms with Crippen LogP contribution in [0.15, 0.2) is 42.6 Å². The largest absolute Gasteiger partial charge is 0.454 e. The molecule has 0 spiro atoms. The summed E-state index contributed by atoms with van der Waals surface area (Å²) in [4.78, 5) is 4.43. The van der Waals surface area contributed by atoms with Crippen LogP contribution in [0.25, 0.3) is 0 Å². The minimum absolute atomic E-state index is 0.231. The summed E-state index contributed by atoms with van der Waals surface area (Å²) in [5.74, 6) is 1.66. The lowest BCUT2D eigenvalue weighted by atomic mass is 10.0. The van der Waals surface area contributed by atoms with Crippen molar-refractivity contribution in [2.45, 2.75) is 25.8 Å². The standard InChI is InChI=1S/C17H20N2O2/c1-2-8-19-15(11-14-5-3-4-9-18-14)13-6-7-16-17(10-13)21-12-20-16/h3-7,9-10,15,19H,2,8,11-12H2,1H3. The van der Waals surface area contributed by atoms with E-state index in [4.69, 9.17) is 9.47 Å². The zero-order valence-electron chi connectivity index (χ0n) is 12.2. The summed E-state index contributed by atoms with van der Waals surface area (Å²) in [7, 11) is 0. The van der Waals surface area contributed by atoms with Gasteiger partial charge >= 0.3 is 0 Å². The van der Waals surface area contributed by atoms with Crippen LogP contribution in [0.5, 0.6) is 11.5 Å². The fraction of sp³-hybridized carbons (Fsp3) is 0.353. The highest BCUT2D eigenvalue weighted by Crippen LogP contribution is 2.34. The van der Waals surface area contributed by atoms with Gasteiger partial charge in [-0.25, -0.2) is 0 Å². The molecule has 0 amide bonds. The lowest BCUT2D eigenvalue weighted by molar-refractivity contribution is 0.174. The van der Waals surface area contributed by atoms with Crippen LogP contribution >= 0.6 is 0 Å². The third-order valence-corrected chi connectivity index (χ3v) is 3.58. The van der Waals surface area contributed by atoms with Gasteiger partial charge in [0.1, 0.15) is 0 Å². The molecule has 2 aromatic rings. The number of hydrogen-bond donors (Lipinski definition) is 1. The number of fused-ring (bicyclic) bond motifs is 1. The number of ether oxygens (including phenoxy) is 2. The summed E-state index contributed by atoms with van der Waals surface area (Å²) in [6.07, 6.45) is 3.80. The molecule has 110 valence electrons. The zero-order chi connectivity index (χ0) is 14.5. The molecule has 0 saturated carbocycles. The van der Waals surface area contributed by atoms with Gasteiger partial charge in [-0.1, -0.05) is 19.1 Å². The van der Waals surface area contributed by atoms with Crippen molar-refractivity contribution in [3.05, 3.63) is 53.9 Å². The fourth-order valence-electron chi connectivity index (χ4n) is 2.48. The summed E-state index contributed by atoms with van der Waals surface area (Å²) >= 11 is 0. The Hall–Kier alpha value is -2.07. The van der Waals surface area contributed by atoms with Gasteiger partial charge in [0, 0.05) is 24.4 Å². The Labute approximate surface area is 125 Å². The van der Waals surface area contributed by atoms with E-state index in [-0.39, 0.29) is 6.04 Å². The number of nitrogens with zero attached hydrogens (tertiary/aromatic N) is 1. The van der Waals surface area contributed by atoms with Crippen LogP contribution in [0.4, 0.5) is 0 Å². The van der Waals surface area contributed by atoms with Crippen LogP contribution in [-0.2, 0) is 6.42 Å². The first-order valence-corrected chi connectivity index (χ1v) is 7.39. The van der Waals surface area contributed by atoms with Gasteiger partial charge in [-0.2, -0.15) is 0 Å². The molecule has 1 N–H and O–H groups in total. The second-order valence-corrected chi connectivity index (χ2v) is 5.14. The Bertz CT molecular complexity index is 587. The molecule has 3 rings (SSSR count). The van der Waals surface area contributed by atoms with Gasteiger partial charge in [0.05, 0.1) is 0 Å². The summed E-state index contributed by atoms with van der Waals surface area (Å²) < 4.78 is 10.9. The number of rotatable bonds is 6. The van der Waals surface area contributed by atoms with Crippen LogP contribution in [-0.4, -0.2) is 18.3 Å². The Balaban J connectivity index is 1.81. The molecule has 1 unspecified atom stereocenters. The maximum atomic E-state index is 5.48. The Morgan fingerprint density at radius 3 is 2.90 bits per heavy atom. The van der Waals surface area contributed by atoms with E-state index in [2.05, 4.69) is 35.4 Å². The Kier molecular flexibility index (Phi) is 4.36. The Morgan fingerprint density at radius 2 is 2.10 bits per heavy atom. The average Bonchev–Trinajstić information content (AvgIpc) is 3.00. The number of nitrogens with one attached hydrogen (secondary N) is 1. The third-order valence-electron chi connectivity index (χ3n) is 3.58. The minimum Gasteiger partial charge on any atom is -0.454 e. The quantitative estimate of drug-likeness (QED) is 0.885. The summed E-state index contributed by atoms with van der Waals surface area (Å²) in [5.41, 5.74) is 2.29. The molecule has 0 bridgehead atoms. The Morgan fingerprint density at radius 1 is 1.19 bits per heavy atom. The van der Waals surface area contributed by atoms with Gasteiger partial charge in [-0.05, 0) is 42.8 Å². The van der Waals surface area contributed by atoms with Gasteiger partial charge in [0.25, 0.3) is 0 Å². The van der Waals surface area contributed by atoms with Crippen LogP contribution < -0.4 is 14.8 Å². The first-order valence-electron chi connectivity index (χ1n) is 7.39. The average molecular weight is 284 g/mol. The van der Waals surface area contributed by atoms with Crippen molar-refractivity contribution in [3.8, 4) is 11.5 Å². The summed E-state index contributed by atoms with van der Waals surface area (Å²) in [6.45, 7) is 3.46. The number of aromatic nitrogens is 1. The lowest BCUT2D eigenvalue weighted by Gasteiger charge is -2.19. The van der Waals surface area contributed by atoms with Crippen molar-refractivity contribution >= 4 is 0 Å². The molecule has 1 aliphatic rings. The predicted octanol–water partition coefficient (Wildman–Crippen LogP) is 3.09. The molecule has 4 nitrogen and oxygen atoms in total. The molecule has 1 atom stereocenters. The van der Waals surface area contributed by atoms with Gasteiger partial charge in [-0.15, -0.1) is 0 Å². The van der Waals surface area contributed by atoms with E-state index < -0.39 is 0 Å². The monoisotopic (exact) mass is 284 g/mol. The lowest BCUT2D eigenvalue weighted by Crippen LogP contribution is -2.24. The molecule has 0 fully saturated rings. The number of hydrogen-bond acceptors (Lipinski definition) is 4. The topological polar surface area (TPSA) is 43.4 Å². The molecule has 0 radical (unpaired) electrons. The smallest absolute Gasteiger partial charge is 0.231 e. The molecule has 0 aliphatic carbocycles. The van der Waals surface area contributed by atoms with Gasteiger partial charge in [-0.3, -0.25) is 4.98 Å². The van der Waals surface area contributed by atoms with E-state index in [0.717, 1.165) is 36.6 Å². The predicted molar refractivity (Wildman–Crippen MR) is 81.5 cm³/mol. The maximum absolute atomic E-state index is 5.48. The molecule has 0 saturated heterocycles.